The number of hydrogen-bond donors (Lipinski definition) is 0. The number of nitro groups is 2. The van der Waals surface area contributed by atoms with Crippen LogP contribution in [-0.4, -0.2) is 15.8 Å². The summed E-state index contributed by atoms with van der Waals surface area (Å²) in [4.78, 5) is 32.3. The van der Waals surface area contributed by atoms with E-state index >= 15 is 0 Å². The van der Waals surface area contributed by atoms with Crippen molar-refractivity contribution >= 4 is 17.3 Å². The van der Waals surface area contributed by atoms with Crippen molar-refractivity contribution in [1.82, 2.24) is 0 Å². The largest absolute Gasteiger partial charge is 0.457 e. The number of carbonyl (C=O) groups excluding carboxylic acids is 1. The minimum atomic E-state index is -0.592. The number of hydrogen-bond acceptors (Lipinski definition) is 7. The van der Waals surface area contributed by atoms with E-state index in [9.17, 15) is 25.0 Å². The quantitative estimate of drug-likeness (QED) is 0.325. The molecule has 0 atom stereocenters. The summed E-state index contributed by atoms with van der Waals surface area (Å²) in [6, 6.07) is 17.6. The van der Waals surface area contributed by atoms with Crippen molar-refractivity contribution in [1.29, 1.82) is 0 Å². The van der Waals surface area contributed by atoms with Crippen LogP contribution in [0.25, 0.3) is 0 Å². The molecule has 9 nitrogen and oxygen atoms in total. The van der Waals surface area contributed by atoms with Crippen molar-refractivity contribution in [2.24, 2.45) is 0 Å². The molecule has 0 N–H and O–H groups in total. The topological polar surface area (TPSA) is 122 Å². The first kappa shape index (κ1) is 19.5. The Bertz CT molecular complexity index is 1030. The third-order valence-corrected chi connectivity index (χ3v) is 3.89. The molecule has 0 saturated heterocycles. The van der Waals surface area contributed by atoms with Crippen LogP contribution in [0.5, 0.6) is 11.5 Å². The SMILES string of the molecule is O=C(OCc1ccc(Oc2ccc([N+](=O)[O-])cc2)cc1)c1ccc([N+](=O)[O-])cc1. The molecule has 0 radical (unpaired) electrons. The molecule has 0 spiro atoms. The molecule has 3 aromatic rings. The van der Waals surface area contributed by atoms with Crippen molar-refractivity contribution < 1.29 is 24.1 Å². The smallest absolute Gasteiger partial charge is 0.338 e. The number of benzene rings is 3. The Morgan fingerprint density at radius 3 is 1.66 bits per heavy atom. The summed E-state index contributed by atoms with van der Waals surface area (Å²) >= 11 is 0. The second kappa shape index (κ2) is 8.61. The van der Waals surface area contributed by atoms with Crippen LogP contribution in [0.15, 0.2) is 72.8 Å². The molecule has 0 heterocycles. The maximum atomic E-state index is 12.0. The van der Waals surface area contributed by atoms with Crippen LogP contribution in [0.3, 0.4) is 0 Å². The first-order valence-corrected chi connectivity index (χ1v) is 8.35. The molecule has 0 amide bonds. The number of rotatable bonds is 7. The molecule has 3 aromatic carbocycles. The van der Waals surface area contributed by atoms with Gasteiger partial charge < -0.3 is 9.47 Å². The van der Waals surface area contributed by atoms with E-state index < -0.39 is 15.8 Å². The fourth-order valence-corrected chi connectivity index (χ4v) is 2.38. The van der Waals surface area contributed by atoms with E-state index in [1.807, 2.05) is 0 Å². The molecule has 0 saturated carbocycles. The number of nitro benzene ring substituents is 2. The molecular formula is C20H14N2O7. The molecule has 0 bridgehead atoms. The number of ether oxygens (including phenoxy) is 2. The van der Waals surface area contributed by atoms with Gasteiger partial charge in [-0.25, -0.2) is 4.79 Å². The van der Waals surface area contributed by atoms with Gasteiger partial charge in [0.2, 0.25) is 0 Å². The molecule has 0 aliphatic heterocycles. The van der Waals surface area contributed by atoms with Crippen LogP contribution in [0.1, 0.15) is 15.9 Å². The van der Waals surface area contributed by atoms with Crippen molar-refractivity contribution in [3.8, 4) is 11.5 Å². The molecular weight excluding hydrogens is 380 g/mol. The Hall–Kier alpha value is -4.27. The van der Waals surface area contributed by atoms with Gasteiger partial charge in [0, 0.05) is 24.3 Å². The summed E-state index contributed by atoms with van der Waals surface area (Å²) < 4.78 is 10.8. The number of carbonyl (C=O) groups is 1. The second-order valence-corrected chi connectivity index (χ2v) is 5.88. The first-order chi connectivity index (χ1) is 13.9. The third kappa shape index (κ3) is 5.13. The summed E-state index contributed by atoms with van der Waals surface area (Å²) in [6.45, 7) is 0.0215. The number of esters is 1. The standard InChI is InChI=1S/C20H14N2O7/c23-20(15-3-5-16(6-4-15)21(24)25)28-13-14-1-9-18(10-2-14)29-19-11-7-17(8-12-19)22(26)27/h1-12H,13H2. The summed E-state index contributed by atoms with van der Waals surface area (Å²) in [5, 5.41) is 21.3. The average Bonchev–Trinajstić information content (AvgIpc) is 2.73. The fraction of sp³-hybridized carbons (Fsp3) is 0.0500. The molecule has 0 aliphatic carbocycles. The zero-order valence-corrected chi connectivity index (χ0v) is 14.9. The van der Waals surface area contributed by atoms with Gasteiger partial charge in [-0.1, -0.05) is 12.1 Å². The zero-order chi connectivity index (χ0) is 20.8. The van der Waals surface area contributed by atoms with Crippen LogP contribution in [0.4, 0.5) is 11.4 Å². The van der Waals surface area contributed by atoms with Crippen molar-refractivity contribution in [2.45, 2.75) is 6.61 Å². The van der Waals surface area contributed by atoms with Crippen LogP contribution in [0, 0.1) is 20.2 Å². The molecule has 0 aromatic heterocycles. The van der Waals surface area contributed by atoms with Gasteiger partial charge in [-0.2, -0.15) is 0 Å². The number of nitrogens with zero attached hydrogens (tertiary/aromatic N) is 2. The maximum Gasteiger partial charge on any atom is 0.338 e. The van der Waals surface area contributed by atoms with E-state index in [-0.39, 0.29) is 23.5 Å². The summed E-state index contributed by atoms with van der Waals surface area (Å²) in [6.07, 6.45) is 0. The van der Waals surface area contributed by atoms with Gasteiger partial charge in [-0.15, -0.1) is 0 Å². The van der Waals surface area contributed by atoms with Crippen LogP contribution in [-0.2, 0) is 11.3 Å². The van der Waals surface area contributed by atoms with Crippen molar-refractivity contribution in [2.75, 3.05) is 0 Å². The van der Waals surface area contributed by atoms with E-state index in [0.717, 1.165) is 5.56 Å². The third-order valence-electron chi connectivity index (χ3n) is 3.89. The first-order valence-electron chi connectivity index (χ1n) is 8.35. The highest BCUT2D eigenvalue weighted by Crippen LogP contribution is 2.24. The highest BCUT2D eigenvalue weighted by molar-refractivity contribution is 5.89. The molecule has 3 rings (SSSR count). The Morgan fingerprint density at radius 1 is 0.724 bits per heavy atom. The van der Waals surface area contributed by atoms with E-state index in [0.29, 0.717) is 11.5 Å². The van der Waals surface area contributed by atoms with Gasteiger partial charge in [0.15, 0.2) is 0 Å². The lowest BCUT2D eigenvalue weighted by molar-refractivity contribution is -0.385. The predicted molar refractivity (Wildman–Crippen MR) is 102 cm³/mol. The molecule has 0 fully saturated rings. The van der Waals surface area contributed by atoms with Gasteiger partial charge in [-0.3, -0.25) is 20.2 Å². The molecule has 0 aliphatic rings. The number of non-ortho nitro benzene ring substituents is 2. The van der Waals surface area contributed by atoms with Crippen LogP contribution < -0.4 is 4.74 Å². The van der Waals surface area contributed by atoms with E-state index in [4.69, 9.17) is 9.47 Å². The average molecular weight is 394 g/mol. The second-order valence-electron chi connectivity index (χ2n) is 5.88. The summed E-state index contributed by atoms with van der Waals surface area (Å²) in [5.41, 5.74) is 0.803. The molecule has 29 heavy (non-hydrogen) atoms. The highest BCUT2D eigenvalue weighted by atomic mass is 16.6. The monoisotopic (exact) mass is 394 g/mol. The van der Waals surface area contributed by atoms with Crippen molar-refractivity contribution in [3.63, 3.8) is 0 Å². The minimum Gasteiger partial charge on any atom is -0.457 e. The Kier molecular flexibility index (Phi) is 5.79. The van der Waals surface area contributed by atoms with Crippen LogP contribution in [0.2, 0.25) is 0 Å². The van der Waals surface area contributed by atoms with Crippen molar-refractivity contribution in [3.05, 3.63) is 104 Å². The highest BCUT2D eigenvalue weighted by Gasteiger charge is 2.11. The predicted octanol–water partition coefficient (Wildman–Crippen LogP) is 4.65. The van der Waals surface area contributed by atoms with Gasteiger partial charge in [0.25, 0.3) is 11.4 Å². The Morgan fingerprint density at radius 2 is 1.17 bits per heavy atom. The van der Waals surface area contributed by atoms with Gasteiger partial charge in [-0.05, 0) is 42.0 Å². The van der Waals surface area contributed by atoms with Gasteiger partial charge >= 0.3 is 5.97 Å². The minimum absolute atomic E-state index is 0.0215. The lowest BCUT2D eigenvalue weighted by Crippen LogP contribution is -2.05. The van der Waals surface area contributed by atoms with E-state index in [1.54, 1.807) is 24.3 Å². The summed E-state index contributed by atoms with van der Waals surface area (Å²) in [7, 11) is 0. The Balaban J connectivity index is 1.55. The molecule has 0 unspecified atom stereocenters. The fourth-order valence-electron chi connectivity index (χ4n) is 2.38. The normalized spacial score (nSPS) is 10.2. The van der Waals surface area contributed by atoms with E-state index in [2.05, 4.69) is 0 Å². The zero-order valence-electron chi connectivity index (χ0n) is 14.9. The van der Waals surface area contributed by atoms with Gasteiger partial charge in [0.1, 0.15) is 18.1 Å². The maximum absolute atomic E-state index is 12.0. The molecule has 9 heteroatoms. The van der Waals surface area contributed by atoms with Crippen LogP contribution >= 0.6 is 0 Å². The lowest BCUT2D eigenvalue weighted by Gasteiger charge is -2.08. The summed E-state index contributed by atoms with van der Waals surface area (Å²) in [5.74, 6) is 0.378. The Labute approximate surface area is 164 Å². The lowest BCUT2D eigenvalue weighted by atomic mass is 10.2. The van der Waals surface area contributed by atoms with Gasteiger partial charge in [0.05, 0.1) is 15.4 Å². The molecule has 146 valence electrons. The van der Waals surface area contributed by atoms with E-state index in [1.165, 1.54) is 48.5 Å².